The minimum absolute atomic E-state index is 0.0418. The Morgan fingerprint density at radius 2 is 1.71 bits per heavy atom. The smallest absolute Gasteiger partial charge is 0.307 e. The van der Waals surface area contributed by atoms with E-state index in [1.165, 1.54) is 23.0 Å². The molecule has 0 saturated carbocycles. The fraction of sp³-hybridized carbons (Fsp3) is 0.333. The summed E-state index contributed by atoms with van der Waals surface area (Å²) < 4.78 is 9.40. The molecule has 3 heterocycles. The molecule has 34 heavy (non-hydrogen) atoms. The molecule has 3 aromatic heterocycles. The zero-order valence-corrected chi connectivity index (χ0v) is 19.3. The average molecular weight is 470 g/mol. The van der Waals surface area contributed by atoms with Crippen molar-refractivity contribution in [3.63, 3.8) is 0 Å². The maximum Gasteiger partial charge on any atom is 0.307 e. The lowest BCUT2D eigenvalue weighted by atomic mass is 10.3. The number of carbonyl (C=O) groups is 4. The summed E-state index contributed by atoms with van der Waals surface area (Å²) >= 11 is 0. The molecule has 0 aliphatic heterocycles. The minimum atomic E-state index is -0.495. The van der Waals surface area contributed by atoms with Gasteiger partial charge in [-0.1, -0.05) is 0 Å². The number of esters is 1. The average Bonchev–Trinajstić information content (AvgIpc) is 3.46. The predicted octanol–water partition coefficient (Wildman–Crippen LogP) is 0.680. The molecule has 0 aliphatic carbocycles. The van der Waals surface area contributed by atoms with Crippen LogP contribution < -0.4 is 16.0 Å². The quantitative estimate of drug-likeness (QED) is 0.389. The van der Waals surface area contributed by atoms with Gasteiger partial charge < -0.3 is 34.4 Å². The van der Waals surface area contributed by atoms with Gasteiger partial charge in [-0.05, 0) is 13.0 Å². The van der Waals surface area contributed by atoms with Gasteiger partial charge in [0, 0.05) is 52.5 Å². The van der Waals surface area contributed by atoms with Gasteiger partial charge in [0.1, 0.15) is 5.69 Å². The third-order valence-corrected chi connectivity index (χ3v) is 4.76. The van der Waals surface area contributed by atoms with Crippen LogP contribution in [0.3, 0.4) is 0 Å². The third-order valence-electron chi connectivity index (χ3n) is 4.76. The van der Waals surface area contributed by atoms with E-state index in [9.17, 15) is 19.2 Å². The Bertz CT molecular complexity index is 1220. The first-order valence-electron chi connectivity index (χ1n) is 10.4. The van der Waals surface area contributed by atoms with Crippen LogP contribution in [-0.4, -0.2) is 60.5 Å². The van der Waals surface area contributed by atoms with Gasteiger partial charge in [-0.3, -0.25) is 19.2 Å². The van der Waals surface area contributed by atoms with Crippen molar-refractivity contribution in [3.05, 3.63) is 48.2 Å². The van der Waals surface area contributed by atoms with Crippen molar-refractivity contribution in [2.45, 2.75) is 13.3 Å². The van der Waals surface area contributed by atoms with Gasteiger partial charge in [-0.15, -0.1) is 0 Å². The molecule has 0 aliphatic rings. The summed E-state index contributed by atoms with van der Waals surface area (Å²) in [6.07, 6.45) is 6.29. The lowest BCUT2D eigenvalue weighted by Crippen LogP contribution is -2.28. The van der Waals surface area contributed by atoms with Crippen LogP contribution in [-0.2, 0) is 30.7 Å². The molecule has 180 valence electrons. The molecule has 0 fully saturated rings. The molecule has 3 N–H and O–H groups in total. The van der Waals surface area contributed by atoms with Crippen molar-refractivity contribution in [1.82, 2.24) is 29.0 Å². The molecule has 0 aromatic carbocycles. The molecule has 13 heteroatoms. The molecule has 0 atom stereocenters. The van der Waals surface area contributed by atoms with Crippen molar-refractivity contribution in [1.29, 1.82) is 0 Å². The normalized spacial score (nSPS) is 10.6. The predicted molar refractivity (Wildman–Crippen MR) is 121 cm³/mol. The number of rotatable bonds is 9. The Morgan fingerprint density at radius 3 is 2.38 bits per heavy atom. The summed E-state index contributed by atoms with van der Waals surface area (Å²) in [4.78, 5) is 57.0. The first-order chi connectivity index (χ1) is 16.2. The summed E-state index contributed by atoms with van der Waals surface area (Å²) in [5.41, 5.74) is 0.685. The molecule has 13 nitrogen and oxygen atoms in total. The second-order valence-electron chi connectivity index (χ2n) is 7.37. The van der Waals surface area contributed by atoms with E-state index in [1.807, 2.05) is 0 Å². The summed E-state index contributed by atoms with van der Waals surface area (Å²) in [6, 6.07) is 1.52. The molecule has 3 aromatic rings. The van der Waals surface area contributed by atoms with E-state index in [4.69, 9.17) is 4.74 Å². The number of amides is 3. The number of nitrogens with one attached hydrogen (secondary N) is 3. The van der Waals surface area contributed by atoms with Crippen LogP contribution in [0, 0.1) is 0 Å². The standard InChI is InChI=1S/C21H26N8O5/c1-5-34-16(30)6-7-23-20(32)18-25-15(12-29(18)4)26-19(31)14-10-13(11-28(14)3)24-21(33)17-22-8-9-27(17)2/h8-12H,5-7H2,1-4H3,(H,23,32)(H,24,33)(H,26,31). The molecular weight excluding hydrogens is 444 g/mol. The van der Waals surface area contributed by atoms with E-state index < -0.39 is 23.7 Å². The summed E-state index contributed by atoms with van der Waals surface area (Å²) in [5, 5.41) is 7.92. The van der Waals surface area contributed by atoms with Crippen LogP contribution in [0.2, 0.25) is 0 Å². The van der Waals surface area contributed by atoms with Gasteiger partial charge in [0.2, 0.25) is 5.82 Å². The number of hydrogen-bond donors (Lipinski definition) is 3. The summed E-state index contributed by atoms with van der Waals surface area (Å²) in [6.45, 7) is 2.07. The Morgan fingerprint density at radius 1 is 0.941 bits per heavy atom. The van der Waals surface area contributed by atoms with Gasteiger partial charge in [0.15, 0.2) is 11.6 Å². The monoisotopic (exact) mass is 470 g/mol. The Balaban J connectivity index is 1.61. The van der Waals surface area contributed by atoms with Crippen LogP contribution in [0.5, 0.6) is 0 Å². The molecule has 0 spiro atoms. The van der Waals surface area contributed by atoms with E-state index in [1.54, 1.807) is 49.6 Å². The first kappa shape index (κ1) is 24.2. The fourth-order valence-corrected chi connectivity index (χ4v) is 3.14. The summed E-state index contributed by atoms with van der Waals surface area (Å²) in [5.74, 6) is -1.33. The Labute approximate surface area is 195 Å². The number of hydrogen-bond acceptors (Lipinski definition) is 7. The number of ether oxygens (including phenoxy) is 1. The zero-order valence-electron chi connectivity index (χ0n) is 19.3. The maximum atomic E-state index is 12.8. The van der Waals surface area contributed by atoms with Gasteiger partial charge in [-0.2, -0.15) is 0 Å². The second kappa shape index (κ2) is 10.5. The number of carbonyl (C=O) groups excluding carboxylic acids is 4. The van der Waals surface area contributed by atoms with Crippen LogP contribution in [0.4, 0.5) is 11.5 Å². The number of anilines is 2. The molecule has 0 radical (unpaired) electrons. The fourth-order valence-electron chi connectivity index (χ4n) is 3.14. The van der Waals surface area contributed by atoms with Gasteiger partial charge in [0.25, 0.3) is 17.7 Å². The highest BCUT2D eigenvalue weighted by molar-refractivity contribution is 6.06. The number of aromatic nitrogens is 5. The largest absolute Gasteiger partial charge is 0.466 e. The first-order valence-corrected chi connectivity index (χ1v) is 10.4. The summed E-state index contributed by atoms with van der Waals surface area (Å²) in [7, 11) is 4.97. The lowest BCUT2D eigenvalue weighted by molar-refractivity contribution is -0.142. The van der Waals surface area contributed by atoms with E-state index >= 15 is 0 Å². The molecule has 0 bridgehead atoms. The molecule has 0 saturated heterocycles. The lowest BCUT2D eigenvalue weighted by Gasteiger charge is -2.04. The topological polar surface area (TPSA) is 154 Å². The molecule has 0 unspecified atom stereocenters. The van der Waals surface area contributed by atoms with Crippen molar-refractivity contribution in [3.8, 4) is 0 Å². The zero-order chi connectivity index (χ0) is 24.8. The van der Waals surface area contributed by atoms with E-state index in [0.717, 1.165) is 0 Å². The number of nitrogens with zero attached hydrogens (tertiary/aromatic N) is 5. The van der Waals surface area contributed by atoms with E-state index in [-0.39, 0.29) is 42.7 Å². The Kier molecular flexibility index (Phi) is 7.46. The van der Waals surface area contributed by atoms with Gasteiger partial charge in [-0.25, -0.2) is 9.97 Å². The van der Waals surface area contributed by atoms with Gasteiger partial charge in [0.05, 0.1) is 18.7 Å². The van der Waals surface area contributed by atoms with Crippen LogP contribution in [0.25, 0.3) is 0 Å². The molecule has 3 amide bonds. The highest BCUT2D eigenvalue weighted by Crippen LogP contribution is 2.16. The minimum Gasteiger partial charge on any atom is -0.466 e. The maximum absolute atomic E-state index is 12.8. The number of imidazole rings is 2. The van der Waals surface area contributed by atoms with Crippen molar-refractivity contribution in [2.24, 2.45) is 21.1 Å². The van der Waals surface area contributed by atoms with Crippen molar-refractivity contribution < 1.29 is 23.9 Å². The van der Waals surface area contributed by atoms with Crippen molar-refractivity contribution >= 4 is 35.2 Å². The number of aryl methyl sites for hydroxylation is 3. The van der Waals surface area contributed by atoms with Crippen LogP contribution in [0.1, 0.15) is 45.1 Å². The third kappa shape index (κ3) is 5.68. The van der Waals surface area contributed by atoms with Gasteiger partial charge >= 0.3 is 5.97 Å². The van der Waals surface area contributed by atoms with Crippen LogP contribution >= 0.6 is 0 Å². The SMILES string of the molecule is CCOC(=O)CCNC(=O)c1nc(NC(=O)c2cc(NC(=O)c3nccn3C)cn2C)cn1C. The highest BCUT2D eigenvalue weighted by atomic mass is 16.5. The van der Waals surface area contributed by atoms with Crippen LogP contribution in [0.15, 0.2) is 30.9 Å². The molecular formula is C21H26N8O5. The Hall–Kier alpha value is -4.42. The second-order valence-corrected chi connectivity index (χ2v) is 7.37. The van der Waals surface area contributed by atoms with E-state index in [2.05, 4.69) is 25.9 Å². The highest BCUT2D eigenvalue weighted by Gasteiger charge is 2.19. The van der Waals surface area contributed by atoms with Crippen molar-refractivity contribution in [2.75, 3.05) is 23.8 Å². The van der Waals surface area contributed by atoms with E-state index in [0.29, 0.717) is 5.69 Å². The molecule has 3 rings (SSSR count).